The fraction of sp³-hybridized carbons (Fsp3) is 0.417. The zero-order chi connectivity index (χ0) is 22.7. The first-order valence-electron chi connectivity index (χ1n) is 10.9. The van der Waals surface area contributed by atoms with E-state index in [0.717, 1.165) is 47.5 Å². The van der Waals surface area contributed by atoms with Crippen molar-refractivity contribution in [2.45, 2.75) is 25.2 Å². The minimum atomic E-state index is 0.143. The molecule has 168 valence electrons. The van der Waals surface area contributed by atoms with Crippen LogP contribution in [0.3, 0.4) is 0 Å². The Labute approximate surface area is 188 Å². The molecule has 0 aliphatic carbocycles. The highest BCUT2D eigenvalue weighted by molar-refractivity contribution is 5.79. The number of aryl methyl sites for hydroxylation is 1. The average Bonchev–Trinajstić information content (AvgIpc) is 3.25. The van der Waals surface area contributed by atoms with Crippen molar-refractivity contribution in [2.24, 2.45) is 7.05 Å². The zero-order valence-electron chi connectivity index (χ0n) is 19.2. The lowest BCUT2D eigenvalue weighted by atomic mass is 9.90. The summed E-state index contributed by atoms with van der Waals surface area (Å²) in [6, 6.07) is 7.69. The number of likely N-dealkylation sites (tertiary alicyclic amines) is 1. The Kier molecular flexibility index (Phi) is 6.39. The van der Waals surface area contributed by atoms with Crippen LogP contribution in [-0.4, -0.2) is 64.9 Å². The van der Waals surface area contributed by atoms with Crippen LogP contribution in [0.25, 0.3) is 11.1 Å². The number of ether oxygens (including phenoxy) is 1. The van der Waals surface area contributed by atoms with Gasteiger partial charge in [-0.1, -0.05) is 12.1 Å². The highest BCUT2D eigenvalue weighted by atomic mass is 16.5. The van der Waals surface area contributed by atoms with E-state index in [4.69, 9.17) is 9.72 Å². The van der Waals surface area contributed by atoms with E-state index in [1.807, 2.05) is 73.8 Å². The lowest BCUT2D eigenvalue weighted by molar-refractivity contribution is -0.131. The summed E-state index contributed by atoms with van der Waals surface area (Å²) in [7, 11) is 7.42. The second-order valence-electron chi connectivity index (χ2n) is 8.47. The molecule has 8 heteroatoms. The van der Waals surface area contributed by atoms with Gasteiger partial charge in [0.1, 0.15) is 5.75 Å². The Morgan fingerprint density at radius 3 is 2.66 bits per heavy atom. The van der Waals surface area contributed by atoms with Gasteiger partial charge in [-0.2, -0.15) is 5.10 Å². The SMILES string of the molecule is COc1ccc(CC(=O)N2CCC[C@H](c3nc(N(C)C)ncc3-c3cnn(C)c3)C2)cc1. The number of hydrogen-bond donors (Lipinski definition) is 0. The van der Waals surface area contributed by atoms with Crippen molar-refractivity contribution >= 4 is 11.9 Å². The fourth-order valence-corrected chi connectivity index (χ4v) is 4.15. The number of rotatable bonds is 6. The number of nitrogens with zero attached hydrogens (tertiary/aromatic N) is 6. The molecule has 0 radical (unpaired) electrons. The van der Waals surface area contributed by atoms with Crippen molar-refractivity contribution < 1.29 is 9.53 Å². The molecule has 3 heterocycles. The Morgan fingerprint density at radius 2 is 2.00 bits per heavy atom. The number of carbonyl (C=O) groups is 1. The van der Waals surface area contributed by atoms with Gasteiger partial charge in [0.2, 0.25) is 11.9 Å². The maximum absolute atomic E-state index is 13.1. The van der Waals surface area contributed by atoms with Crippen molar-refractivity contribution in [1.29, 1.82) is 0 Å². The van der Waals surface area contributed by atoms with Gasteiger partial charge < -0.3 is 14.5 Å². The smallest absolute Gasteiger partial charge is 0.227 e. The first-order valence-corrected chi connectivity index (χ1v) is 10.9. The number of anilines is 1. The van der Waals surface area contributed by atoms with E-state index in [-0.39, 0.29) is 11.8 Å². The van der Waals surface area contributed by atoms with E-state index >= 15 is 0 Å². The van der Waals surface area contributed by atoms with Crippen LogP contribution in [0.2, 0.25) is 0 Å². The number of carbonyl (C=O) groups excluding carboxylic acids is 1. The molecular formula is C24H30N6O2. The summed E-state index contributed by atoms with van der Waals surface area (Å²) in [5, 5.41) is 4.32. The first-order chi connectivity index (χ1) is 15.4. The molecule has 3 aromatic rings. The molecular weight excluding hydrogens is 404 g/mol. The van der Waals surface area contributed by atoms with Gasteiger partial charge in [0, 0.05) is 63.7 Å². The van der Waals surface area contributed by atoms with Crippen LogP contribution in [0.15, 0.2) is 42.9 Å². The van der Waals surface area contributed by atoms with Gasteiger partial charge >= 0.3 is 0 Å². The normalized spacial score (nSPS) is 16.1. The third-order valence-electron chi connectivity index (χ3n) is 5.90. The number of methoxy groups -OCH3 is 1. The van der Waals surface area contributed by atoms with Gasteiger partial charge in [0.15, 0.2) is 0 Å². The Hall–Kier alpha value is -3.42. The third-order valence-corrected chi connectivity index (χ3v) is 5.90. The first kappa shape index (κ1) is 21.8. The van der Waals surface area contributed by atoms with E-state index in [2.05, 4.69) is 10.1 Å². The zero-order valence-corrected chi connectivity index (χ0v) is 19.2. The second-order valence-corrected chi connectivity index (χ2v) is 8.47. The van der Waals surface area contributed by atoms with E-state index in [1.54, 1.807) is 11.8 Å². The fourth-order valence-electron chi connectivity index (χ4n) is 4.15. The van der Waals surface area contributed by atoms with Gasteiger partial charge in [0.25, 0.3) is 0 Å². The maximum Gasteiger partial charge on any atom is 0.227 e. The molecule has 0 saturated carbocycles. The number of piperidine rings is 1. The molecule has 1 atom stereocenters. The molecule has 0 unspecified atom stereocenters. The molecule has 1 saturated heterocycles. The van der Waals surface area contributed by atoms with Gasteiger partial charge in [-0.25, -0.2) is 9.97 Å². The monoisotopic (exact) mass is 434 g/mol. The lowest BCUT2D eigenvalue weighted by Crippen LogP contribution is -2.40. The van der Waals surface area contributed by atoms with Crippen LogP contribution in [0.4, 0.5) is 5.95 Å². The Balaban J connectivity index is 1.56. The molecule has 8 nitrogen and oxygen atoms in total. The van der Waals surface area contributed by atoms with Gasteiger partial charge in [0.05, 0.1) is 25.4 Å². The van der Waals surface area contributed by atoms with Gasteiger partial charge in [-0.3, -0.25) is 9.48 Å². The quantitative estimate of drug-likeness (QED) is 0.594. The predicted molar refractivity (Wildman–Crippen MR) is 124 cm³/mol. The number of aromatic nitrogens is 4. The maximum atomic E-state index is 13.1. The standard InChI is InChI=1S/C24H30N6O2/c1-28(2)24-25-14-21(19-13-26-29(3)15-19)23(27-24)18-6-5-11-30(16-18)22(31)12-17-7-9-20(32-4)10-8-17/h7-10,13-15,18H,5-6,11-12,16H2,1-4H3/t18-/m0/s1. The van der Waals surface area contributed by atoms with Crippen LogP contribution in [-0.2, 0) is 18.3 Å². The summed E-state index contributed by atoms with van der Waals surface area (Å²) in [5.41, 5.74) is 3.96. The Bertz CT molecular complexity index is 1080. The van der Waals surface area contributed by atoms with Crippen molar-refractivity contribution in [1.82, 2.24) is 24.6 Å². The highest BCUT2D eigenvalue weighted by Gasteiger charge is 2.28. The number of benzene rings is 1. The summed E-state index contributed by atoms with van der Waals surface area (Å²) < 4.78 is 6.99. The van der Waals surface area contributed by atoms with E-state index < -0.39 is 0 Å². The van der Waals surface area contributed by atoms with Crippen LogP contribution < -0.4 is 9.64 Å². The van der Waals surface area contributed by atoms with Gasteiger partial charge in [-0.15, -0.1) is 0 Å². The van der Waals surface area contributed by atoms with Crippen molar-refractivity contribution in [3.8, 4) is 16.9 Å². The number of hydrogen-bond acceptors (Lipinski definition) is 6. The summed E-state index contributed by atoms with van der Waals surface area (Å²) in [6.07, 6.45) is 8.03. The summed E-state index contributed by atoms with van der Waals surface area (Å²) in [6.45, 7) is 1.44. The largest absolute Gasteiger partial charge is 0.497 e. The molecule has 1 aliphatic heterocycles. The average molecular weight is 435 g/mol. The minimum absolute atomic E-state index is 0.143. The minimum Gasteiger partial charge on any atom is -0.497 e. The van der Waals surface area contributed by atoms with E-state index in [0.29, 0.717) is 18.9 Å². The summed E-state index contributed by atoms with van der Waals surface area (Å²) >= 11 is 0. The Morgan fingerprint density at radius 1 is 1.22 bits per heavy atom. The molecule has 0 spiro atoms. The highest BCUT2D eigenvalue weighted by Crippen LogP contribution is 2.34. The molecule has 32 heavy (non-hydrogen) atoms. The molecule has 0 N–H and O–H groups in total. The van der Waals surface area contributed by atoms with Gasteiger partial charge in [-0.05, 0) is 30.5 Å². The third kappa shape index (κ3) is 4.74. The van der Waals surface area contributed by atoms with Crippen molar-refractivity contribution in [3.63, 3.8) is 0 Å². The van der Waals surface area contributed by atoms with Crippen LogP contribution >= 0.6 is 0 Å². The molecule has 4 rings (SSSR count). The molecule has 1 aliphatic rings. The van der Waals surface area contributed by atoms with Crippen LogP contribution in [0, 0.1) is 0 Å². The second kappa shape index (κ2) is 9.38. The number of amides is 1. The molecule has 0 bridgehead atoms. The summed E-state index contributed by atoms with van der Waals surface area (Å²) in [5.74, 6) is 1.77. The van der Waals surface area contributed by atoms with Crippen molar-refractivity contribution in [3.05, 3.63) is 54.1 Å². The topological polar surface area (TPSA) is 76.4 Å². The molecule has 1 aromatic carbocycles. The molecule has 1 fully saturated rings. The van der Waals surface area contributed by atoms with Crippen LogP contribution in [0.1, 0.15) is 30.0 Å². The molecule has 1 amide bonds. The van der Waals surface area contributed by atoms with E-state index in [9.17, 15) is 4.79 Å². The van der Waals surface area contributed by atoms with Crippen LogP contribution in [0.5, 0.6) is 5.75 Å². The summed E-state index contributed by atoms with van der Waals surface area (Å²) in [4.78, 5) is 26.4. The molecule has 2 aromatic heterocycles. The van der Waals surface area contributed by atoms with E-state index in [1.165, 1.54) is 0 Å². The predicted octanol–water partition coefficient (Wildman–Crippen LogP) is 2.90. The van der Waals surface area contributed by atoms with Crippen molar-refractivity contribution in [2.75, 3.05) is 39.2 Å². The lowest BCUT2D eigenvalue weighted by Gasteiger charge is -2.33.